The van der Waals surface area contributed by atoms with Crippen molar-refractivity contribution in [3.63, 3.8) is 0 Å². The summed E-state index contributed by atoms with van der Waals surface area (Å²) in [7, 11) is 1.19. The summed E-state index contributed by atoms with van der Waals surface area (Å²) in [6.07, 6.45) is 1.66. The van der Waals surface area contributed by atoms with Crippen LogP contribution in [-0.4, -0.2) is 51.3 Å². The number of nitrogens with one attached hydrogen (secondary N) is 2. The maximum Gasteiger partial charge on any atom is 0.407 e. The Hall–Kier alpha value is -2.77. The molecule has 0 atom stereocenters. The topological polar surface area (TPSA) is 97.0 Å². The number of aryl methyl sites for hydroxylation is 1. The summed E-state index contributed by atoms with van der Waals surface area (Å²) < 4.78 is 9.11. The van der Waals surface area contributed by atoms with Gasteiger partial charge in [-0.25, -0.2) is 4.79 Å². The number of hydrogen-bond acceptors (Lipinski definition) is 6. The van der Waals surface area contributed by atoms with Crippen molar-refractivity contribution < 1.29 is 23.9 Å². The van der Waals surface area contributed by atoms with Gasteiger partial charge in [0.25, 0.3) is 5.91 Å². The van der Waals surface area contributed by atoms with Crippen LogP contribution >= 0.6 is 0 Å². The molecular weight excluding hydrogens is 326 g/mol. The van der Waals surface area contributed by atoms with E-state index < -0.39 is 24.6 Å². The first-order valence-electron chi connectivity index (χ1n) is 8.12. The molecule has 8 nitrogen and oxygen atoms in total. The second-order valence-electron chi connectivity index (χ2n) is 5.75. The van der Waals surface area contributed by atoms with Gasteiger partial charge in [0.2, 0.25) is 0 Å². The zero-order valence-corrected chi connectivity index (χ0v) is 14.5. The van der Waals surface area contributed by atoms with Crippen molar-refractivity contribution in [3.8, 4) is 0 Å². The van der Waals surface area contributed by atoms with Crippen molar-refractivity contribution in [1.82, 2.24) is 5.32 Å². The molecule has 0 bridgehead atoms. The number of carbonyl (C=O) groups excluding carboxylic acids is 3. The maximum absolute atomic E-state index is 11.9. The summed E-state index contributed by atoms with van der Waals surface area (Å²) in [6, 6.07) is 5.86. The second-order valence-corrected chi connectivity index (χ2v) is 5.75. The van der Waals surface area contributed by atoms with Crippen LogP contribution in [0.15, 0.2) is 18.2 Å². The summed E-state index contributed by atoms with van der Waals surface area (Å²) >= 11 is 0. The summed E-state index contributed by atoms with van der Waals surface area (Å²) in [5.74, 6) is -1.16. The fraction of sp³-hybridized carbons (Fsp3) is 0.471. The number of anilines is 2. The molecule has 136 valence electrons. The lowest BCUT2D eigenvalue weighted by Crippen LogP contribution is -2.32. The van der Waals surface area contributed by atoms with E-state index in [-0.39, 0.29) is 6.54 Å². The van der Waals surface area contributed by atoms with E-state index in [0.29, 0.717) is 5.69 Å². The molecule has 1 aliphatic rings. The molecule has 0 spiro atoms. The van der Waals surface area contributed by atoms with Crippen LogP contribution in [0.5, 0.6) is 0 Å². The van der Waals surface area contributed by atoms with Gasteiger partial charge in [-0.3, -0.25) is 9.59 Å². The lowest BCUT2D eigenvalue weighted by atomic mass is 10.1. The summed E-state index contributed by atoms with van der Waals surface area (Å²) in [6.45, 7) is 3.25. The highest BCUT2D eigenvalue weighted by atomic mass is 16.5. The highest BCUT2D eigenvalue weighted by Crippen LogP contribution is 2.25. The zero-order valence-electron chi connectivity index (χ0n) is 14.5. The first-order chi connectivity index (χ1) is 12.0. The highest BCUT2D eigenvalue weighted by molar-refractivity contribution is 5.94. The van der Waals surface area contributed by atoms with E-state index in [1.165, 1.54) is 20.0 Å². The number of benzene rings is 1. The van der Waals surface area contributed by atoms with Gasteiger partial charge < -0.3 is 25.0 Å². The van der Waals surface area contributed by atoms with E-state index in [0.717, 1.165) is 24.3 Å². The number of hydrogen-bond donors (Lipinski definition) is 2. The van der Waals surface area contributed by atoms with E-state index in [9.17, 15) is 14.4 Å². The van der Waals surface area contributed by atoms with Crippen LogP contribution in [0.2, 0.25) is 0 Å². The minimum Gasteiger partial charge on any atom is -0.454 e. The Kier molecular flexibility index (Phi) is 6.62. The van der Waals surface area contributed by atoms with Crippen molar-refractivity contribution in [1.29, 1.82) is 0 Å². The molecule has 0 aliphatic carbocycles. The van der Waals surface area contributed by atoms with Gasteiger partial charge in [-0.2, -0.15) is 0 Å². The molecule has 2 amide bonds. The van der Waals surface area contributed by atoms with Gasteiger partial charge in [-0.15, -0.1) is 0 Å². The number of carbonyl (C=O) groups is 3. The van der Waals surface area contributed by atoms with Gasteiger partial charge in [-0.05, 0) is 43.5 Å². The van der Waals surface area contributed by atoms with Gasteiger partial charge in [-0.1, -0.05) is 0 Å². The van der Waals surface area contributed by atoms with E-state index in [1.807, 2.05) is 25.1 Å². The number of amides is 2. The molecule has 1 saturated heterocycles. The molecule has 2 N–H and O–H groups in total. The van der Waals surface area contributed by atoms with Gasteiger partial charge in [0.1, 0.15) is 6.54 Å². The Morgan fingerprint density at radius 1 is 1.20 bits per heavy atom. The molecule has 1 heterocycles. The number of ether oxygens (including phenoxy) is 2. The normalized spacial score (nSPS) is 13.3. The van der Waals surface area contributed by atoms with Crippen LogP contribution in [0.3, 0.4) is 0 Å². The predicted molar refractivity (Wildman–Crippen MR) is 92.6 cm³/mol. The van der Waals surface area contributed by atoms with E-state index >= 15 is 0 Å². The Morgan fingerprint density at radius 2 is 1.92 bits per heavy atom. The molecule has 0 unspecified atom stereocenters. The molecule has 25 heavy (non-hydrogen) atoms. The second kappa shape index (κ2) is 8.91. The van der Waals surface area contributed by atoms with Crippen molar-refractivity contribution in [2.24, 2.45) is 0 Å². The third kappa shape index (κ3) is 5.66. The van der Waals surface area contributed by atoms with Crippen molar-refractivity contribution in [3.05, 3.63) is 23.8 Å². The lowest BCUT2D eigenvalue weighted by molar-refractivity contribution is -0.146. The molecule has 1 aromatic carbocycles. The average molecular weight is 349 g/mol. The minimum absolute atomic E-state index is 0.358. The summed E-state index contributed by atoms with van der Waals surface area (Å²) in [5, 5.41) is 4.89. The molecule has 0 radical (unpaired) electrons. The van der Waals surface area contributed by atoms with Gasteiger partial charge >= 0.3 is 12.1 Å². The molecule has 8 heteroatoms. The third-order valence-corrected chi connectivity index (χ3v) is 3.88. The molecular formula is C17H23N3O5. The monoisotopic (exact) mass is 349 g/mol. The number of rotatable bonds is 6. The fourth-order valence-electron chi connectivity index (χ4n) is 2.56. The maximum atomic E-state index is 11.9. The lowest BCUT2D eigenvalue weighted by Gasteiger charge is -2.19. The Bertz CT molecular complexity index is 641. The molecule has 0 saturated carbocycles. The quantitative estimate of drug-likeness (QED) is 0.754. The molecule has 2 rings (SSSR count). The number of methoxy groups -OCH3 is 1. The van der Waals surface area contributed by atoms with Crippen LogP contribution in [0.1, 0.15) is 18.4 Å². The molecule has 0 aromatic heterocycles. The van der Waals surface area contributed by atoms with Crippen LogP contribution in [0.25, 0.3) is 0 Å². The Morgan fingerprint density at radius 3 is 2.56 bits per heavy atom. The van der Waals surface area contributed by atoms with Crippen molar-refractivity contribution in [2.75, 3.05) is 43.6 Å². The van der Waals surface area contributed by atoms with Crippen LogP contribution in [-0.2, 0) is 19.1 Å². The largest absolute Gasteiger partial charge is 0.454 e. The summed E-state index contributed by atoms with van der Waals surface area (Å²) in [4.78, 5) is 36.4. The first-order valence-corrected chi connectivity index (χ1v) is 8.12. The number of esters is 1. The SMILES string of the molecule is COC(=O)NCC(=O)OCC(=O)Nc1ccc(N2CCCC2)cc1C. The fourth-order valence-corrected chi connectivity index (χ4v) is 2.56. The highest BCUT2D eigenvalue weighted by Gasteiger charge is 2.14. The van der Waals surface area contributed by atoms with Crippen molar-refractivity contribution in [2.45, 2.75) is 19.8 Å². The number of nitrogens with zero attached hydrogens (tertiary/aromatic N) is 1. The Labute approximate surface area is 146 Å². The predicted octanol–water partition coefficient (Wildman–Crippen LogP) is 1.43. The van der Waals surface area contributed by atoms with E-state index in [2.05, 4.69) is 20.3 Å². The minimum atomic E-state index is -0.741. The molecule has 1 fully saturated rings. The number of alkyl carbamates (subject to hydrolysis) is 1. The van der Waals surface area contributed by atoms with Gasteiger partial charge in [0.15, 0.2) is 6.61 Å². The van der Waals surface area contributed by atoms with Gasteiger partial charge in [0.05, 0.1) is 7.11 Å². The van der Waals surface area contributed by atoms with E-state index in [1.54, 1.807) is 0 Å². The first kappa shape index (κ1) is 18.6. The zero-order chi connectivity index (χ0) is 18.2. The van der Waals surface area contributed by atoms with Crippen LogP contribution < -0.4 is 15.5 Å². The van der Waals surface area contributed by atoms with Crippen LogP contribution in [0, 0.1) is 6.92 Å². The van der Waals surface area contributed by atoms with E-state index in [4.69, 9.17) is 4.74 Å². The molecule has 1 aromatic rings. The average Bonchev–Trinajstić information content (AvgIpc) is 3.14. The smallest absolute Gasteiger partial charge is 0.407 e. The third-order valence-electron chi connectivity index (χ3n) is 3.88. The Balaban J connectivity index is 1.80. The van der Waals surface area contributed by atoms with Crippen LogP contribution in [0.4, 0.5) is 16.2 Å². The standard InChI is InChI=1S/C17H23N3O5/c1-12-9-13(20-7-3-4-8-20)5-6-14(12)19-15(21)11-25-16(22)10-18-17(23)24-2/h5-6,9H,3-4,7-8,10-11H2,1-2H3,(H,18,23)(H,19,21). The van der Waals surface area contributed by atoms with Gasteiger partial charge in [0, 0.05) is 24.5 Å². The van der Waals surface area contributed by atoms with Crippen molar-refractivity contribution >= 4 is 29.3 Å². The molecule has 1 aliphatic heterocycles. The summed E-state index contributed by atoms with van der Waals surface area (Å²) in [5.41, 5.74) is 2.77.